The van der Waals surface area contributed by atoms with E-state index >= 15 is 0 Å². The van der Waals surface area contributed by atoms with Crippen molar-refractivity contribution >= 4 is 29.0 Å². The van der Waals surface area contributed by atoms with Crippen LogP contribution in [0.15, 0.2) is 42.6 Å². The molecule has 4 rings (SSSR count). The van der Waals surface area contributed by atoms with E-state index < -0.39 is 0 Å². The molecule has 0 bridgehead atoms. The summed E-state index contributed by atoms with van der Waals surface area (Å²) >= 11 is 0. The molecule has 3 heterocycles. The molecule has 25 heavy (non-hydrogen) atoms. The van der Waals surface area contributed by atoms with E-state index in [1.165, 1.54) is 0 Å². The van der Waals surface area contributed by atoms with Crippen LogP contribution in [-0.4, -0.2) is 41.8 Å². The van der Waals surface area contributed by atoms with Crippen LogP contribution in [0.2, 0.25) is 0 Å². The van der Waals surface area contributed by atoms with Crippen molar-refractivity contribution in [2.75, 3.05) is 30.4 Å². The molecule has 1 saturated heterocycles. The first kappa shape index (κ1) is 15.8. The number of aromatic nitrogens is 1. The molecule has 0 saturated carbocycles. The standard InChI is InChI=1S/C19H20N4O2/c1-22-11-5-6-13(12-22)19(25)23-16-9-3-2-7-14(16)18(24)21-15-8-4-10-20-17(15)23/h2-4,7-10,13H,5-6,11-12H2,1H3,(H,21,24). The summed E-state index contributed by atoms with van der Waals surface area (Å²) in [4.78, 5) is 34.2. The van der Waals surface area contributed by atoms with Crippen molar-refractivity contribution in [2.24, 2.45) is 5.92 Å². The Hall–Kier alpha value is -2.73. The SMILES string of the molecule is CN1CCCC(C(=O)N2c3ccccc3C(=O)Nc3cccnc32)C1. The average molecular weight is 336 g/mol. The van der Waals surface area contributed by atoms with Crippen LogP contribution in [0, 0.1) is 5.92 Å². The molecule has 0 radical (unpaired) electrons. The highest BCUT2D eigenvalue weighted by Gasteiger charge is 2.35. The second-order valence-electron chi connectivity index (χ2n) is 6.62. The summed E-state index contributed by atoms with van der Waals surface area (Å²) < 4.78 is 0. The Morgan fingerprint density at radius 3 is 2.92 bits per heavy atom. The molecule has 2 aliphatic rings. The van der Waals surface area contributed by atoms with Gasteiger partial charge in [0.2, 0.25) is 5.91 Å². The molecule has 0 spiro atoms. The van der Waals surface area contributed by atoms with Gasteiger partial charge in [0.05, 0.1) is 22.9 Å². The average Bonchev–Trinajstić information content (AvgIpc) is 2.75. The van der Waals surface area contributed by atoms with Crippen molar-refractivity contribution in [2.45, 2.75) is 12.8 Å². The van der Waals surface area contributed by atoms with Gasteiger partial charge in [-0.2, -0.15) is 0 Å². The predicted octanol–water partition coefficient (Wildman–Crippen LogP) is 2.65. The van der Waals surface area contributed by atoms with Crippen LogP contribution in [0.4, 0.5) is 17.2 Å². The number of hydrogen-bond acceptors (Lipinski definition) is 4. The van der Waals surface area contributed by atoms with Crippen LogP contribution < -0.4 is 10.2 Å². The van der Waals surface area contributed by atoms with Crippen LogP contribution >= 0.6 is 0 Å². The van der Waals surface area contributed by atoms with Gasteiger partial charge >= 0.3 is 0 Å². The fourth-order valence-electron chi connectivity index (χ4n) is 3.61. The molecule has 2 aromatic rings. The summed E-state index contributed by atoms with van der Waals surface area (Å²) in [6.45, 7) is 1.73. The minimum absolute atomic E-state index is 0.00421. The lowest BCUT2D eigenvalue weighted by Crippen LogP contribution is -2.42. The number of rotatable bonds is 1. The topological polar surface area (TPSA) is 65.5 Å². The second kappa shape index (κ2) is 6.29. The van der Waals surface area contributed by atoms with E-state index in [1.807, 2.05) is 19.2 Å². The lowest BCUT2D eigenvalue weighted by atomic mass is 9.96. The minimum Gasteiger partial charge on any atom is -0.319 e. The van der Waals surface area contributed by atoms with Crippen molar-refractivity contribution in [3.8, 4) is 0 Å². The maximum Gasteiger partial charge on any atom is 0.257 e. The first-order chi connectivity index (χ1) is 12.1. The Morgan fingerprint density at radius 2 is 2.08 bits per heavy atom. The largest absolute Gasteiger partial charge is 0.319 e. The van der Waals surface area contributed by atoms with E-state index in [9.17, 15) is 9.59 Å². The Bertz CT molecular complexity index is 836. The zero-order valence-corrected chi connectivity index (χ0v) is 14.1. The Balaban J connectivity index is 1.84. The van der Waals surface area contributed by atoms with Gasteiger partial charge in [-0.05, 0) is 50.7 Å². The number of likely N-dealkylation sites (tertiary alicyclic amines) is 1. The zero-order valence-electron chi connectivity index (χ0n) is 14.1. The first-order valence-corrected chi connectivity index (χ1v) is 8.53. The summed E-state index contributed by atoms with van der Waals surface area (Å²) in [6.07, 6.45) is 3.49. The molecule has 2 aliphatic heterocycles. The van der Waals surface area contributed by atoms with Gasteiger partial charge in [-0.25, -0.2) is 4.98 Å². The van der Waals surface area contributed by atoms with Gasteiger partial charge in [-0.15, -0.1) is 0 Å². The number of nitrogens with zero attached hydrogens (tertiary/aromatic N) is 3. The normalized spacial score (nSPS) is 20.3. The predicted molar refractivity (Wildman–Crippen MR) is 96.0 cm³/mol. The number of nitrogens with one attached hydrogen (secondary N) is 1. The van der Waals surface area contributed by atoms with Crippen molar-refractivity contribution in [3.63, 3.8) is 0 Å². The molecule has 2 amide bonds. The highest BCUT2D eigenvalue weighted by molar-refractivity contribution is 6.17. The lowest BCUT2D eigenvalue weighted by Gasteiger charge is -2.33. The van der Waals surface area contributed by atoms with E-state index in [0.717, 1.165) is 25.9 Å². The number of hydrogen-bond donors (Lipinski definition) is 1. The number of amides is 2. The molecule has 1 aromatic heterocycles. The van der Waals surface area contributed by atoms with E-state index in [2.05, 4.69) is 15.2 Å². The third-order valence-corrected chi connectivity index (χ3v) is 4.83. The number of para-hydroxylation sites is 1. The van der Waals surface area contributed by atoms with E-state index in [4.69, 9.17) is 0 Å². The van der Waals surface area contributed by atoms with Crippen LogP contribution in [0.1, 0.15) is 23.2 Å². The van der Waals surface area contributed by atoms with Crippen LogP contribution in [0.25, 0.3) is 0 Å². The number of anilines is 3. The van der Waals surface area contributed by atoms with E-state index in [-0.39, 0.29) is 17.7 Å². The Morgan fingerprint density at radius 1 is 1.24 bits per heavy atom. The Kier molecular flexibility index (Phi) is 3.97. The third kappa shape index (κ3) is 2.78. The number of carbonyl (C=O) groups is 2. The maximum atomic E-state index is 13.4. The third-order valence-electron chi connectivity index (χ3n) is 4.83. The van der Waals surface area contributed by atoms with Gasteiger partial charge in [-0.1, -0.05) is 12.1 Å². The molecule has 1 fully saturated rings. The van der Waals surface area contributed by atoms with Crippen molar-refractivity contribution < 1.29 is 9.59 Å². The zero-order chi connectivity index (χ0) is 17.4. The minimum atomic E-state index is -0.221. The van der Waals surface area contributed by atoms with Crippen LogP contribution in [-0.2, 0) is 4.79 Å². The molecule has 128 valence electrons. The van der Waals surface area contributed by atoms with E-state index in [0.29, 0.717) is 22.8 Å². The summed E-state index contributed by atoms with van der Waals surface area (Å²) in [5, 5.41) is 2.87. The summed E-state index contributed by atoms with van der Waals surface area (Å²) in [7, 11) is 2.03. The summed E-state index contributed by atoms with van der Waals surface area (Å²) in [5.41, 5.74) is 1.63. The van der Waals surface area contributed by atoms with Gasteiger partial charge in [0, 0.05) is 12.7 Å². The number of benzene rings is 1. The molecular formula is C19H20N4O2. The van der Waals surface area contributed by atoms with Crippen molar-refractivity contribution in [3.05, 3.63) is 48.2 Å². The highest BCUT2D eigenvalue weighted by Crippen LogP contribution is 2.37. The molecule has 1 aromatic carbocycles. The maximum absolute atomic E-state index is 13.4. The molecule has 1 atom stereocenters. The first-order valence-electron chi connectivity index (χ1n) is 8.53. The summed E-state index contributed by atoms with van der Waals surface area (Å²) in [6, 6.07) is 10.7. The number of carbonyl (C=O) groups excluding carboxylic acids is 2. The van der Waals surface area contributed by atoms with Crippen molar-refractivity contribution in [1.82, 2.24) is 9.88 Å². The smallest absolute Gasteiger partial charge is 0.257 e. The number of piperidine rings is 1. The van der Waals surface area contributed by atoms with Crippen LogP contribution in [0.3, 0.4) is 0 Å². The molecular weight excluding hydrogens is 316 g/mol. The highest BCUT2D eigenvalue weighted by atomic mass is 16.2. The Labute approximate surface area is 146 Å². The van der Waals surface area contributed by atoms with Gasteiger partial charge in [0.1, 0.15) is 0 Å². The monoisotopic (exact) mass is 336 g/mol. The number of fused-ring (bicyclic) bond motifs is 2. The molecule has 1 unspecified atom stereocenters. The quantitative estimate of drug-likeness (QED) is 0.869. The second-order valence-corrected chi connectivity index (χ2v) is 6.62. The summed E-state index contributed by atoms with van der Waals surface area (Å²) in [5.74, 6) is 0.158. The number of pyridine rings is 1. The fourth-order valence-corrected chi connectivity index (χ4v) is 3.61. The van der Waals surface area contributed by atoms with Gasteiger partial charge in [-0.3, -0.25) is 14.5 Å². The molecule has 1 N–H and O–H groups in total. The molecule has 6 nitrogen and oxygen atoms in total. The van der Waals surface area contributed by atoms with E-state index in [1.54, 1.807) is 35.4 Å². The molecule has 6 heteroatoms. The molecule has 0 aliphatic carbocycles. The fraction of sp³-hybridized carbons (Fsp3) is 0.316. The van der Waals surface area contributed by atoms with Gasteiger partial charge < -0.3 is 10.2 Å². The van der Waals surface area contributed by atoms with Gasteiger partial charge in [0.15, 0.2) is 5.82 Å². The van der Waals surface area contributed by atoms with Gasteiger partial charge in [0.25, 0.3) is 5.91 Å². The lowest BCUT2D eigenvalue weighted by molar-refractivity contribution is -0.123. The van der Waals surface area contributed by atoms with Crippen molar-refractivity contribution in [1.29, 1.82) is 0 Å². The van der Waals surface area contributed by atoms with Crippen LogP contribution in [0.5, 0.6) is 0 Å².